The first-order valence-electron chi connectivity index (χ1n) is 11.6. The van der Waals surface area contributed by atoms with E-state index in [0.29, 0.717) is 16.7 Å². The molecule has 0 saturated carbocycles. The summed E-state index contributed by atoms with van der Waals surface area (Å²) in [7, 11) is 3.45. The number of amides is 2. The van der Waals surface area contributed by atoms with Gasteiger partial charge in [-0.1, -0.05) is 18.2 Å². The number of carbonyl (C=O) groups excluding carboxylic acids is 2. The maximum Gasteiger partial charge on any atom is 0.279 e. The molecule has 2 amide bonds. The predicted molar refractivity (Wildman–Crippen MR) is 153 cm³/mol. The summed E-state index contributed by atoms with van der Waals surface area (Å²) < 4.78 is 15.1. The Kier molecular flexibility index (Phi) is 4.90. The SMILES string of the molecule is CC1=C(C#N)C(=O)N(C)C(=O)C1=Nc1ccc(-c2cc3c(s2)c2sc4ccccc4c2n3C)c2nsnc12. The fourth-order valence-corrected chi connectivity index (χ4v) is 8.11. The number of nitriles is 1. The van der Waals surface area contributed by atoms with Gasteiger partial charge in [0.1, 0.15) is 28.4 Å². The summed E-state index contributed by atoms with van der Waals surface area (Å²) >= 11 is 4.62. The minimum atomic E-state index is -0.623. The van der Waals surface area contributed by atoms with Crippen molar-refractivity contribution in [1.82, 2.24) is 18.2 Å². The van der Waals surface area contributed by atoms with Gasteiger partial charge in [0.25, 0.3) is 11.8 Å². The van der Waals surface area contributed by atoms with E-state index in [2.05, 4.69) is 55.7 Å². The number of imide groups is 1. The van der Waals surface area contributed by atoms with Crippen LogP contribution in [-0.4, -0.2) is 42.8 Å². The van der Waals surface area contributed by atoms with Crippen molar-refractivity contribution in [3.8, 4) is 16.5 Å². The van der Waals surface area contributed by atoms with E-state index >= 15 is 0 Å². The fraction of sp³-hybridized carbons (Fsp3) is 0.111. The van der Waals surface area contributed by atoms with Crippen molar-refractivity contribution in [2.24, 2.45) is 12.0 Å². The quantitative estimate of drug-likeness (QED) is 0.238. The van der Waals surface area contributed by atoms with E-state index in [0.717, 1.165) is 27.1 Å². The third-order valence-electron chi connectivity index (χ3n) is 6.94. The fourth-order valence-electron chi connectivity index (χ4n) is 4.95. The lowest BCUT2D eigenvalue weighted by Gasteiger charge is -2.22. The molecule has 5 heterocycles. The summed E-state index contributed by atoms with van der Waals surface area (Å²) in [5.41, 5.74) is 5.34. The van der Waals surface area contributed by atoms with Crippen molar-refractivity contribution in [2.75, 3.05) is 7.05 Å². The monoisotopic (exact) mass is 552 g/mol. The molecule has 0 radical (unpaired) electrons. The van der Waals surface area contributed by atoms with Gasteiger partial charge < -0.3 is 4.57 Å². The lowest BCUT2D eigenvalue weighted by atomic mass is 9.99. The second kappa shape index (κ2) is 8.13. The Morgan fingerprint density at radius 1 is 0.974 bits per heavy atom. The van der Waals surface area contributed by atoms with Crippen molar-refractivity contribution >= 4 is 99.2 Å². The van der Waals surface area contributed by atoms with Crippen molar-refractivity contribution in [2.45, 2.75) is 6.92 Å². The molecule has 38 heavy (non-hydrogen) atoms. The molecule has 1 aliphatic rings. The van der Waals surface area contributed by atoms with Crippen molar-refractivity contribution in [3.63, 3.8) is 0 Å². The van der Waals surface area contributed by atoms with Crippen LogP contribution >= 0.6 is 34.4 Å². The molecule has 4 aromatic heterocycles. The number of nitrogens with zero attached hydrogens (tertiary/aromatic N) is 6. The number of hydrogen-bond donors (Lipinski definition) is 0. The first-order valence-corrected chi connectivity index (χ1v) is 13.9. The van der Waals surface area contributed by atoms with E-state index < -0.39 is 11.8 Å². The molecule has 0 atom stereocenters. The molecule has 0 bridgehead atoms. The van der Waals surface area contributed by atoms with Crippen LogP contribution in [0.15, 0.2) is 58.6 Å². The average molecular weight is 553 g/mol. The lowest BCUT2D eigenvalue weighted by Crippen LogP contribution is -2.44. The smallest absolute Gasteiger partial charge is 0.279 e. The number of carbonyl (C=O) groups is 2. The Balaban J connectivity index is 1.39. The number of rotatable bonds is 2. The molecule has 7 rings (SSSR count). The maximum atomic E-state index is 12.8. The molecule has 0 aliphatic carbocycles. The third-order valence-corrected chi connectivity index (χ3v) is 9.95. The summed E-state index contributed by atoms with van der Waals surface area (Å²) in [5, 5.41) is 10.7. The molecule has 0 N–H and O–H groups in total. The standard InChI is InChI=1S/C27H16N6O2S3/c1-12-15(11-28)26(34)33(3)27(35)20(12)29-16-9-8-13(21-22(16)31-38-30-21)19-10-17-24(37-19)25-23(32(17)2)14-6-4-5-7-18(14)36-25/h4-10H,1-3H3. The second-order valence-corrected chi connectivity index (χ2v) is 11.6. The van der Waals surface area contributed by atoms with Gasteiger partial charge in [-0.3, -0.25) is 14.5 Å². The van der Waals surface area contributed by atoms with Crippen LogP contribution in [0.3, 0.4) is 0 Å². The molecule has 0 spiro atoms. The van der Waals surface area contributed by atoms with Crippen LogP contribution in [0.5, 0.6) is 0 Å². The van der Waals surface area contributed by atoms with Crippen molar-refractivity contribution < 1.29 is 9.59 Å². The summed E-state index contributed by atoms with van der Waals surface area (Å²) in [4.78, 5) is 31.7. The van der Waals surface area contributed by atoms with Crippen molar-refractivity contribution in [3.05, 3.63) is 53.6 Å². The molecule has 8 nitrogen and oxygen atoms in total. The minimum Gasteiger partial charge on any atom is -0.342 e. The van der Waals surface area contributed by atoms with Gasteiger partial charge in [-0.2, -0.15) is 14.0 Å². The van der Waals surface area contributed by atoms with E-state index in [1.165, 1.54) is 37.6 Å². The summed E-state index contributed by atoms with van der Waals surface area (Å²) in [6, 6.07) is 16.3. The highest BCUT2D eigenvalue weighted by Crippen LogP contribution is 2.46. The van der Waals surface area contributed by atoms with Crippen LogP contribution in [0, 0.1) is 11.3 Å². The van der Waals surface area contributed by atoms with Crippen LogP contribution in [0.25, 0.3) is 52.0 Å². The maximum absolute atomic E-state index is 12.8. The van der Waals surface area contributed by atoms with Gasteiger partial charge in [0, 0.05) is 40.2 Å². The number of thiophene rings is 2. The zero-order valence-electron chi connectivity index (χ0n) is 20.3. The molecule has 184 valence electrons. The normalized spacial score (nSPS) is 15.7. The van der Waals surface area contributed by atoms with Gasteiger partial charge >= 0.3 is 0 Å². The number of aryl methyl sites for hydroxylation is 1. The third kappa shape index (κ3) is 3.02. The van der Waals surface area contributed by atoms with Crippen LogP contribution in [0.4, 0.5) is 5.69 Å². The van der Waals surface area contributed by atoms with E-state index in [4.69, 9.17) is 0 Å². The highest BCUT2D eigenvalue weighted by Gasteiger charge is 2.34. The first kappa shape index (κ1) is 22.9. The van der Waals surface area contributed by atoms with Crippen LogP contribution in [-0.2, 0) is 16.6 Å². The van der Waals surface area contributed by atoms with Gasteiger partial charge in [0.15, 0.2) is 0 Å². The summed E-state index contributed by atoms with van der Waals surface area (Å²) in [6.45, 7) is 1.57. The van der Waals surface area contributed by atoms with E-state index in [1.54, 1.807) is 18.3 Å². The molecule has 0 saturated heterocycles. The molecule has 2 aromatic carbocycles. The van der Waals surface area contributed by atoms with Crippen LogP contribution in [0.1, 0.15) is 6.92 Å². The summed E-state index contributed by atoms with van der Waals surface area (Å²) in [5.74, 6) is -1.17. The van der Waals surface area contributed by atoms with Gasteiger partial charge in [0.05, 0.1) is 37.8 Å². The Morgan fingerprint density at radius 2 is 1.76 bits per heavy atom. The minimum absolute atomic E-state index is 0.0553. The van der Waals surface area contributed by atoms with Gasteiger partial charge in [-0.25, -0.2) is 4.99 Å². The lowest BCUT2D eigenvalue weighted by molar-refractivity contribution is -0.136. The molecule has 0 unspecified atom stereocenters. The average Bonchev–Trinajstić information content (AvgIpc) is 3.69. The van der Waals surface area contributed by atoms with E-state index in [-0.39, 0.29) is 16.9 Å². The molecular weight excluding hydrogens is 537 g/mol. The van der Waals surface area contributed by atoms with Gasteiger partial charge in [-0.05, 0) is 31.2 Å². The highest BCUT2D eigenvalue weighted by molar-refractivity contribution is 7.32. The predicted octanol–water partition coefficient (Wildman–Crippen LogP) is 6.19. The topological polar surface area (TPSA) is 104 Å². The second-order valence-electron chi connectivity index (χ2n) is 9.00. The molecule has 0 fully saturated rings. The van der Waals surface area contributed by atoms with E-state index in [9.17, 15) is 14.9 Å². The summed E-state index contributed by atoms with van der Waals surface area (Å²) in [6.07, 6.45) is 0. The number of likely N-dealkylation sites (N-methyl/N-ethyl adjacent to an activating group) is 1. The van der Waals surface area contributed by atoms with Gasteiger partial charge in [0.2, 0.25) is 0 Å². The van der Waals surface area contributed by atoms with Crippen molar-refractivity contribution in [1.29, 1.82) is 5.26 Å². The number of hydrogen-bond acceptors (Lipinski definition) is 9. The Morgan fingerprint density at radius 3 is 2.58 bits per heavy atom. The Bertz CT molecular complexity index is 2130. The molecule has 11 heteroatoms. The molecular formula is C27H16N6O2S3. The van der Waals surface area contributed by atoms with Crippen LogP contribution < -0.4 is 0 Å². The largest absolute Gasteiger partial charge is 0.342 e. The number of aromatic nitrogens is 3. The van der Waals surface area contributed by atoms with Gasteiger partial charge in [-0.15, -0.1) is 22.7 Å². The zero-order chi connectivity index (χ0) is 26.3. The number of aliphatic imine (C=N–C) groups is 1. The Labute approximate surface area is 227 Å². The first-order chi connectivity index (χ1) is 18.4. The molecule has 1 aliphatic heterocycles. The highest BCUT2D eigenvalue weighted by atomic mass is 32.1. The number of fused-ring (bicyclic) bond motifs is 6. The zero-order valence-corrected chi connectivity index (χ0v) is 22.7. The van der Waals surface area contributed by atoms with E-state index in [1.807, 2.05) is 29.5 Å². The Hall–Kier alpha value is -4.24. The van der Waals surface area contributed by atoms with Crippen LogP contribution in [0.2, 0.25) is 0 Å². The number of benzene rings is 2. The molecule has 6 aromatic rings.